The molecule has 0 spiro atoms. The van der Waals surface area contributed by atoms with Gasteiger partial charge in [-0.3, -0.25) is 4.98 Å². The number of imidazole rings is 1. The van der Waals surface area contributed by atoms with E-state index in [4.69, 9.17) is 0 Å². The second-order valence-electron chi connectivity index (χ2n) is 4.85. The summed E-state index contributed by atoms with van der Waals surface area (Å²) in [5.74, 6) is 0.695. The van der Waals surface area contributed by atoms with E-state index in [-0.39, 0.29) is 0 Å². The monoisotopic (exact) mass is 243 g/mol. The first kappa shape index (κ1) is 11.3. The number of nitrogens with zero attached hydrogens (tertiary/aromatic N) is 4. The molecule has 3 heterocycles. The second kappa shape index (κ2) is 4.86. The highest BCUT2D eigenvalue weighted by atomic mass is 15.0. The third kappa shape index (κ3) is 2.26. The Balaban J connectivity index is 1.82. The number of aryl methyl sites for hydroxylation is 1. The van der Waals surface area contributed by atoms with Crippen molar-refractivity contribution in [3.8, 4) is 11.4 Å². The Hall–Kier alpha value is -1.75. The molecule has 2 aromatic heterocycles. The van der Waals surface area contributed by atoms with Crippen LogP contribution in [0.15, 0.2) is 24.9 Å². The summed E-state index contributed by atoms with van der Waals surface area (Å²) in [6.45, 7) is 2.22. The molecule has 5 nitrogen and oxygen atoms in total. The molecule has 1 unspecified atom stereocenters. The summed E-state index contributed by atoms with van der Waals surface area (Å²) in [5, 5.41) is 3.38. The fourth-order valence-corrected chi connectivity index (χ4v) is 2.42. The van der Waals surface area contributed by atoms with E-state index in [0.717, 1.165) is 36.6 Å². The van der Waals surface area contributed by atoms with Crippen LogP contribution in [0.4, 0.5) is 0 Å². The van der Waals surface area contributed by atoms with Crippen LogP contribution in [-0.4, -0.2) is 32.6 Å². The second-order valence-corrected chi connectivity index (χ2v) is 4.85. The predicted molar refractivity (Wildman–Crippen MR) is 68.9 cm³/mol. The molecule has 1 saturated heterocycles. The molecule has 0 radical (unpaired) electrons. The van der Waals surface area contributed by atoms with E-state index in [9.17, 15) is 0 Å². The summed E-state index contributed by atoms with van der Waals surface area (Å²) in [5.41, 5.74) is 2.98. The van der Waals surface area contributed by atoms with Crippen molar-refractivity contribution in [3.63, 3.8) is 0 Å². The van der Waals surface area contributed by atoms with Crippen molar-refractivity contribution in [2.45, 2.75) is 12.8 Å². The Bertz CT molecular complexity index is 528. The molecule has 1 atom stereocenters. The third-order valence-electron chi connectivity index (χ3n) is 3.42. The number of nitrogens with one attached hydrogen (secondary N) is 1. The highest BCUT2D eigenvalue weighted by Crippen LogP contribution is 2.17. The van der Waals surface area contributed by atoms with Crippen LogP contribution in [0.25, 0.3) is 11.4 Å². The highest BCUT2D eigenvalue weighted by molar-refractivity contribution is 5.52. The molecular weight excluding hydrogens is 226 g/mol. The van der Waals surface area contributed by atoms with Gasteiger partial charge in [-0.1, -0.05) is 0 Å². The fraction of sp³-hybridized carbons (Fsp3) is 0.462. The molecule has 5 heteroatoms. The van der Waals surface area contributed by atoms with E-state index in [1.165, 1.54) is 6.42 Å². The topological polar surface area (TPSA) is 55.6 Å². The van der Waals surface area contributed by atoms with Crippen LogP contribution in [0.2, 0.25) is 0 Å². The molecular formula is C13H17N5. The molecule has 3 rings (SSSR count). The maximum atomic E-state index is 4.69. The Morgan fingerprint density at radius 1 is 1.33 bits per heavy atom. The lowest BCUT2D eigenvalue weighted by Gasteiger charge is -2.08. The maximum Gasteiger partial charge on any atom is 0.107 e. The van der Waals surface area contributed by atoms with Gasteiger partial charge in [0.2, 0.25) is 0 Å². The Morgan fingerprint density at radius 2 is 2.28 bits per heavy atom. The van der Waals surface area contributed by atoms with E-state index in [1.54, 1.807) is 12.5 Å². The van der Waals surface area contributed by atoms with Crippen LogP contribution < -0.4 is 5.32 Å². The average molecular weight is 243 g/mol. The minimum atomic E-state index is 0.695. The quantitative estimate of drug-likeness (QED) is 0.874. The van der Waals surface area contributed by atoms with Gasteiger partial charge in [0, 0.05) is 13.2 Å². The molecule has 18 heavy (non-hydrogen) atoms. The molecule has 0 bridgehead atoms. The lowest BCUT2D eigenvalue weighted by Crippen LogP contribution is -2.11. The number of hydrogen-bond donors (Lipinski definition) is 1. The van der Waals surface area contributed by atoms with Gasteiger partial charge >= 0.3 is 0 Å². The molecule has 1 aliphatic rings. The Kier molecular flexibility index (Phi) is 3.06. The van der Waals surface area contributed by atoms with E-state index >= 15 is 0 Å². The van der Waals surface area contributed by atoms with Crippen LogP contribution >= 0.6 is 0 Å². The minimum absolute atomic E-state index is 0.695. The number of rotatable bonds is 3. The van der Waals surface area contributed by atoms with Crippen LogP contribution in [0, 0.1) is 5.92 Å². The van der Waals surface area contributed by atoms with Gasteiger partial charge in [0.15, 0.2) is 0 Å². The summed E-state index contributed by atoms with van der Waals surface area (Å²) in [6.07, 6.45) is 9.52. The molecule has 1 aliphatic heterocycles. The van der Waals surface area contributed by atoms with Crippen molar-refractivity contribution in [1.82, 2.24) is 24.8 Å². The van der Waals surface area contributed by atoms with Crippen molar-refractivity contribution in [3.05, 3.63) is 30.6 Å². The first-order valence-corrected chi connectivity index (χ1v) is 6.31. The summed E-state index contributed by atoms with van der Waals surface area (Å²) >= 11 is 0. The van der Waals surface area contributed by atoms with Crippen LogP contribution in [0.5, 0.6) is 0 Å². The van der Waals surface area contributed by atoms with Crippen molar-refractivity contribution in [2.24, 2.45) is 13.0 Å². The summed E-state index contributed by atoms with van der Waals surface area (Å²) < 4.78 is 1.96. The Morgan fingerprint density at radius 3 is 3.00 bits per heavy atom. The fourth-order valence-electron chi connectivity index (χ4n) is 2.42. The van der Waals surface area contributed by atoms with Crippen molar-refractivity contribution in [1.29, 1.82) is 0 Å². The molecule has 1 fully saturated rings. The van der Waals surface area contributed by atoms with Gasteiger partial charge in [-0.05, 0) is 31.8 Å². The molecule has 0 aliphatic carbocycles. The van der Waals surface area contributed by atoms with Crippen molar-refractivity contribution >= 4 is 0 Å². The number of aromatic nitrogens is 4. The van der Waals surface area contributed by atoms with Crippen molar-refractivity contribution in [2.75, 3.05) is 13.1 Å². The molecule has 1 N–H and O–H groups in total. The van der Waals surface area contributed by atoms with Crippen LogP contribution in [0.1, 0.15) is 12.1 Å². The third-order valence-corrected chi connectivity index (χ3v) is 3.42. The van der Waals surface area contributed by atoms with Gasteiger partial charge in [-0.15, -0.1) is 0 Å². The summed E-state index contributed by atoms with van der Waals surface area (Å²) in [6, 6.07) is 0. The zero-order valence-corrected chi connectivity index (χ0v) is 10.5. The summed E-state index contributed by atoms with van der Waals surface area (Å²) in [7, 11) is 1.97. The number of hydrogen-bond acceptors (Lipinski definition) is 4. The van der Waals surface area contributed by atoms with Crippen LogP contribution in [-0.2, 0) is 13.5 Å². The van der Waals surface area contributed by atoms with Crippen molar-refractivity contribution < 1.29 is 0 Å². The lowest BCUT2D eigenvalue weighted by atomic mass is 10.0. The van der Waals surface area contributed by atoms with Gasteiger partial charge in [-0.2, -0.15) is 0 Å². The average Bonchev–Trinajstić information content (AvgIpc) is 3.01. The minimum Gasteiger partial charge on any atom is -0.332 e. The van der Waals surface area contributed by atoms with E-state index in [0.29, 0.717) is 5.92 Å². The smallest absolute Gasteiger partial charge is 0.107 e. The standard InChI is InChI=1S/C13H17N5/c1-18-9-16-8-13(18)12-7-15-6-11(17-12)4-10-2-3-14-5-10/h6-10,14H,2-5H2,1H3. The first-order valence-electron chi connectivity index (χ1n) is 6.31. The van der Waals surface area contributed by atoms with Gasteiger partial charge in [0.05, 0.1) is 30.1 Å². The zero-order valence-electron chi connectivity index (χ0n) is 10.5. The first-order chi connectivity index (χ1) is 8.83. The molecule has 0 aromatic carbocycles. The van der Waals surface area contributed by atoms with E-state index in [2.05, 4.69) is 20.3 Å². The van der Waals surface area contributed by atoms with E-state index < -0.39 is 0 Å². The predicted octanol–water partition coefficient (Wildman–Crippen LogP) is 1.03. The molecule has 2 aromatic rings. The highest BCUT2D eigenvalue weighted by Gasteiger charge is 2.16. The van der Waals surface area contributed by atoms with E-state index in [1.807, 2.05) is 24.0 Å². The molecule has 94 valence electrons. The summed E-state index contributed by atoms with van der Waals surface area (Å²) in [4.78, 5) is 13.1. The molecule has 0 amide bonds. The largest absolute Gasteiger partial charge is 0.332 e. The van der Waals surface area contributed by atoms with Gasteiger partial charge < -0.3 is 9.88 Å². The van der Waals surface area contributed by atoms with Gasteiger partial charge in [0.1, 0.15) is 5.69 Å². The maximum absolute atomic E-state index is 4.69. The zero-order chi connectivity index (χ0) is 12.4. The molecule has 0 saturated carbocycles. The lowest BCUT2D eigenvalue weighted by molar-refractivity contribution is 0.570. The van der Waals surface area contributed by atoms with Crippen LogP contribution in [0.3, 0.4) is 0 Å². The van der Waals surface area contributed by atoms with Gasteiger partial charge in [0.25, 0.3) is 0 Å². The SMILES string of the molecule is Cn1cncc1-c1cncc(CC2CCNC2)n1. The Labute approximate surface area is 106 Å². The van der Waals surface area contributed by atoms with Gasteiger partial charge in [-0.25, -0.2) is 9.97 Å². The normalized spacial score (nSPS) is 19.3.